The van der Waals surface area contributed by atoms with Crippen LogP contribution in [0.4, 0.5) is 28.7 Å². The lowest BCUT2D eigenvalue weighted by atomic mass is 10.0. The summed E-state index contributed by atoms with van der Waals surface area (Å²) in [5, 5.41) is 10.6. The largest absolute Gasteiger partial charge is 0.494 e. The predicted octanol–water partition coefficient (Wildman–Crippen LogP) is 5.14. The summed E-state index contributed by atoms with van der Waals surface area (Å²) in [4.78, 5) is 32.0. The minimum absolute atomic E-state index is 0.0236. The van der Waals surface area contributed by atoms with Crippen LogP contribution in [0.1, 0.15) is 18.0 Å². The summed E-state index contributed by atoms with van der Waals surface area (Å²) in [5.74, 6) is 1.57. The molecule has 2 saturated heterocycles. The van der Waals surface area contributed by atoms with Gasteiger partial charge in [0, 0.05) is 44.7 Å². The Balaban J connectivity index is 1.29. The number of methoxy groups -OCH3 is 1. The van der Waals surface area contributed by atoms with Gasteiger partial charge in [0.1, 0.15) is 17.9 Å². The van der Waals surface area contributed by atoms with Crippen molar-refractivity contribution in [2.45, 2.75) is 12.5 Å². The third kappa shape index (κ3) is 5.72. The number of carbonyl (C=O) groups is 1. The smallest absolute Gasteiger partial charge is 0.247 e. The third-order valence-electron chi connectivity index (χ3n) is 7.81. The molecule has 4 aromatic rings. The normalized spacial score (nSPS) is 17.3. The van der Waals surface area contributed by atoms with Crippen molar-refractivity contribution in [1.29, 1.82) is 0 Å². The Morgan fingerprint density at radius 2 is 1.83 bits per heavy atom. The van der Waals surface area contributed by atoms with Crippen LogP contribution in [-0.4, -0.2) is 67.7 Å². The van der Waals surface area contributed by atoms with Gasteiger partial charge in [-0.05, 0) is 41.6 Å². The average Bonchev–Trinajstić information content (AvgIpc) is 3.52. The SMILES string of the molecule is C=CC(=O)Nc1cc(Nc2cc(N3OCC[C@@H]3c3ccc4ccccc4c3)ncn2)c(OC)cc1N1CCN(C)CC1. The van der Waals surface area contributed by atoms with E-state index in [2.05, 4.69) is 80.4 Å². The van der Waals surface area contributed by atoms with Gasteiger partial charge in [-0.3, -0.25) is 9.63 Å². The van der Waals surface area contributed by atoms with Crippen molar-refractivity contribution in [1.82, 2.24) is 14.9 Å². The summed E-state index contributed by atoms with van der Waals surface area (Å²) in [7, 11) is 3.74. The number of hydroxylamine groups is 1. The number of aromatic nitrogens is 2. The minimum Gasteiger partial charge on any atom is -0.494 e. The molecular weight excluding hydrogens is 530 g/mol. The fourth-order valence-corrected chi connectivity index (χ4v) is 5.52. The van der Waals surface area contributed by atoms with Gasteiger partial charge in [-0.15, -0.1) is 0 Å². The minimum atomic E-state index is -0.281. The maximum Gasteiger partial charge on any atom is 0.247 e. The molecule has 0 bridgehead atoms. The fourth-order valence-electron chi connectivity index (χ4n) is 5.52. The number of fused-ring (bicyclic) bond motifs is 1. The Kier molecular flexibility index (Phi) is 7.89. The van der Waals surface area contributed by atoms with E-state index in [1.807, 2.05) is 29.3 Å². The molecule has 1 aromatic heterocycles. The number of anilines is 5. The summed E-state index contributed by atoms with van der Waals surface area (Å²) in [6, 6.07) is 20.6. The molecule has 2 fully saturated rings. The van der Waals surface area contributed by atoms with E-state index in [1.165, 1.54) is 28.7 Å². The summed E-state index contributed by atoms with van der Waals surface area (Å²) in [5.41, 5.74) is 3.39. The average molecular weight is 566 g/mol. The van der Waals surface area contributed by atoms with E-state index in [9.17, 15) is 4.79 Å². The number of likely N-dealkylation sites (N-methyl/N-ethyl adjacent to an activating group) is 1. The third-order valence-corrected chi connectivity index (χ3v) is 7.81. The van der Waals surface area contributed by atoms with Crippen LogP contribution in [-0.2, 0) is 9.63 Å². The first-order chi connectivity index (χ1) is 20.5. The molecule has 10 heteroatoms. The highest BCUT2D eigenvalue weighted by Gasteiger charge is 2.29. The zero-order valence-corrected chi connectivity index (χ0v) is 23.9. The van der Waals surface area contributed by atoms with Gasteiger partial charge in [0.2, 0.25) is 5.91 Å². The molecule has 2 aliphatic rings. The molecule has 6 rings (SSSR count). The molecule has 1 atom stereocenters. The highest BCUT2D eigenvalue weighted by Crippen LogP contribution is 2.40. The second-order valence-electron chi connectivity index (χ2n) is 10.5. The molecule has 0 radical (unpaired) electrons. The van der Waals surface area contributed by atoms with Gasteiger partial charge in [-0.25, -0.2) is 15.0 Å². The van der Waals surface area contributed by atoms with Crippen LogP contribution in [0.3, 0.4) is 0 Å². The highest BCUT2D eigenvalue weighted by atomic mass is 16.7. The van der Waals surface area contributed by atoms with Crippen molar-refractivity contribution in [2.24, 2.45) is 0 Å². The molecule has 42 heavy (non-hydrogen) atoms. The Hall–Kier alpha value is -4.67. The van der Waals surface area contributed by atoms with Gasteiger partial charge in [0.25, 0.3) is 0 Å². The van der Waals surface area contributed by atoms with E-state index in [0.717, 1.165) is 38.3 Å². The van der Waals surface area contributed by atoms with Crippen LogP contribution in [0.25, 0.3) is 10.8 Å². The molecule has 2 aliphatic heterocycles. The van der Waals surface area contributed by atoms with E-state index in [-0.39, 0.29) is 11.9 Å². The van der Waals surface area contributed by atoms with Gasteiger partial charge in [-0.2, -0.15) is 0 Å². The summed E-state index contributed by atoms with van der Waals surface area (Å²) >= 11 is 0. The number of nitrogens with one attached hydrogen (secondary N) is 2. The molecule has 1 amide bonds. The van der Waals surface area contributed by atoms with Gasteiger partial charge >= 0.3 is 0 Å². The number of benzene rings is 3. The molecule has 0 unspecified atom stereocenters. The molecule has 3 heterocycles. The second-order valence-corrected chi connectivity index (χ2v) is 10.5. The number of amides is 1. The first-order valence-corrected chi connectivity index (χ1v) is 14.1. The standard InChI is InChI=1S/C32H35N7O3/c1-4-32(40)36-25-18-26(29(41-3)19-28(25)38-14-12-37(2)13-15-38)35-30-20-31(34-21-33-30)39-27(11-16-42-39)24-10-9-22-7-5-6-8-23(22)17-24/h4-10,17-21,27H,1,11-16H2,2-3H3,(H,36,40)(H,33,34,35)/t27-/m1/s1. The molecule has 0 saturated carbocycles. The van der Waals surface area contributed by atoms with Gasteiger partial charge in [0.15, 0.2) is 5.82 Å². The Bertz CT molecular complexity index is 1600. The second kappa shape index (κ2) is 12.1. The highest BCUT2D eigenvalue weighted by molar-refractivity contribution is 6.02. The number of nitrogens with zero attached hydrogens (tertiary/aromatic N) is 5. The topological polar surface area (TPSA) is 95.1 Å². The van der Waals surface area contributed by atoms with Crippen LogP contribution in [0, 0.1) is 0 Å². The zero-order chi connectivity index (χ0) is 29.1. The molecular formula is C32H35N7O3. The van der Waals surface area contributed by atoms with Crippen molar-refractivity contribution < 1.29 is 14.4 Å². The lowest BCUT2D eigenvalue weighted by Gasteiger charge is -2.35. The van der Waals surface area contributed by atoms with Crippen molar-refractivity contribution in [2.75, 3.05) is 67.5 Å². The molecule has 3 aromatic carbocycles. The maximum atomic E-state index is 12.4. The van der Waals surface area contributed by atoms with Crippen LogP contribution in [0.2, 0.25) is 0 Å². The van der Waals surface area contributed by atoms with Gasteiger partial charge in [-0.1, -0.05) is 43.0 Å². The lowest BCUT2D eigenvalue weighted by Crippen LogP contribution is -2.44. The van der Waals surface area contributed by atoms with Crippen molar-refractivity contribution >= 4 is 45.4 Å². The first kappa shape index (κ1) is 27.5. The molecule has 0 aliphatic carbocycles. The molecule has 0 spiro atoms. The van der Waals surface area contributed by atoms with E-state index < -0.39 is 0 Å². The molecule has 2 N–H and O–H groups in total. The first-order valence-electron chi connectivity index (χ1n) is 14.1. The van der Waals surface area contributed by atoms with Crippen LogP contribution < -0.4 is 25.3 Å². The van der Waals surface area contributed by atoms with Gasteiger partial charge < -0.3 is 25.2 Å². The van der Waals surface area contributed by atoms with E-state index in [1.54, 1.807) is 7.11 Å². The Morgan fingerprint density at radius 1 is 1.02 bits per heavy atom. The van der Waals surface area contributed by atoms with Crippen LogP contribution in [0.5, 0.6) is 5.75 Å². The Labute approximate surface area is 245 Å². The van der Waals surface area contributed by atoms with Crippen molar-refractivity contribution in [3.05, 3.63) is 85.2 Å². The number of ether oxygens (including phenoxy) is 1. The van der Waals surface area contributed by atoms with E-state index >= 15 is 0 Å². The number of hydrogen-bond acceptors (Lipinski definition) is 9. The summed E-state index contributed by atoms with van der Waals surface area (Å²) in [6.45, 7) is 7.75. The lowest BCUT2D eigenvalue weighted by molar-refractivity contribution is -0.111. The Morgan fingerprint density at radius 3 is 2.62 bits per heavy atom. The fraction of sp³-hybridized carbons (Fsp3) is 0.281. The summed E-state index contributed by atoms with van der Waals surface area (Å²) < 4.78 is 5.79. The van der Waals surface area contributed by atoms with Crippen LogP contribution >= 0.6 is 0 Å². The van der Waals surface area contributed by atoms with Crippen molar-refractivity contribution in [3.63, 3.8) is 0 Å². The maximum absolute atomic E-state index is 12.4. The zero-order valence-electron chi connectivity index (χ0n) is 23.9. The number of piperazine rings is 1. The van der Waals surface area contributed by atoms with E-state index in [0.29, 0.717) is 35.4 Å². The number of hydrogen-bond donors (Lipinski definition) is 2. The number of carbonyl (C=O) groups excluding carboxylic acids is 1. The van der Waals surface area contributed by atoms with E-state index in [4.69, 9.17) is 9.57 Å². The number of rotatable bonds is 8. The monoisotopic (exact) mass is 565 g/mol. The molecule has 10 nitrogen and oxygen atoms in total. The van der Waals surface area contributed by atoms with Crippen LogP contribution in [0.15, 0.2) is 79.6 Å². The van der Waals surface area contributed by atoms with Crippen molar-refractivity contribution in [3.8, 4) is 5.75 Å². The van der Waals surface area contributed by atoms with Gasteiger partial charge in [0.05, 0.1) is 36.8 Å². The quantitative estimate of drug-likeness (QED) is 0.282. The summed E-state index contributed by atoms with van der Waals surface area (Å²) in [6.07, 6.45) is 3.63. The molecule has 216 valence electrons. The predicted molar refractivity (Wildman–Crippen MR) is 167 cm³/mol.